The molecule has 0 saturated carbocycles. The average Bonchev–Trinajstić information content (AvgIpc) is 2.61. The Morgan fingerprint density at radius 2 is 2.17 bits per heavy atom. The van der Waals surface area contributed by atoms with Crippen molar-refractivity contribution in [1.82, 2.24) is 14.9 Å². The van der Waals surface area contributed by atoms with E-state index in [1.165, 1.54) is 18.5 Å². The summed E-state index contributed by atoms with van der Waals surface area (Å²) in [5.41, 5.74) is 0.709. The van der Waals surface area contributed by atoms with E-state index in [9.17, 15) is 9.18 Å². The van der Waals surface area contributed by atoms with E-state index < -0.39 is 0 Å². The van der Waals surface area contributed by atoms with Gasteiger partial charge in [0.1, 0.15) is 18.0 Å². The molecule has 1 amide bonds. The van der Waals surface area contributed by atoms with Gasteiger partial charge >= 0.3 is 0 Å². The highest BCUT2D eigenvalue weighted by Crippen LogP contribution is 2.23. The number of amides is 1. The Morgan fingerprint density at radius 1 is 1.38 bits per heavy atom. The molecule has 3 rings (SSSR count). The van der Waals surface area contributed by atoms with Gasteiger partial charge in [-0.05, 0) is 31.0 Å². The van der Waals surface area contributed by atoms with E-state index in [1.807, 2.05) is 4.90 Å². The molecule has 0 radical (unpaired) electrons. The lowest BCUT2D eigenvalue weighted by atomic mass is 10.0. The third-order valence-electron chi connectivity index (χ3n) is 4.31. The van der Waals surface area contributed by atoms with Gasteiger partial charge < -0.3 is 15.0 Å². The Kier molecular flexibility index (Phi) is 5.20. The molecule has 0 aliphatic carbocycles. The first-order valence-corrected chi connectivity index (χ1v) is 8.11. The maximum atomic E-state index is 13.5. The van der Waals surface area contributed by atoms with Crippen LogP contribution in [0.4, 0.5) is 10.2 Å². The summed E-state index contributed by atoms with van der Waals surface area (Å²) in [7, 11) is 1.60. The fourth-order valence-electron chi connectivity index (χ4n) is 2.96. The summed E-state index contributed by atoms with van der Waals surface area (Å²) in [5, 5.41) is 4.05. The van der Waals surface area contributed by atoms with Crippen molar-refractivity contribution in [3.05, 3.63) is 30.3 Å². The summed E-state index contributed by atoms with van der Waals surface area (Å²) in [5.74, 6) is 0.465. The van der Waals surface area contributed by atoms with Crippen molar-refractivity contribution in [2.45, 2.75) is 25.3 Å². The topological polar surface area (TPSA) is 67.3 Å². The van der Waals surface area contributed by atoms with E-state index in [-0.39, 0.29) is 17.8 Å². The van der Waals surface area contributed by atoms with E-state index in [0.717, 1.165) is 12.8 Å². The van der Waals surface area contributed by atoms with Gasteiger partial charge in [-0.15, -0.1) is 0 Å². The number of halogens is 1. The fraction of sp³-hybridized carbons (Fsp3) is 0.471. The molecule has 1 aromatic heterocycles. The highest BCUT2D eigenvalue weighted by atomic mass is 19.1. The summed E-state index contributed by atoms with van der Waals surface area (Å²) in [4.78, 5) is 22.3. The molecule has 1 aliphatic heterocycles. The highest BCUT2D eigenvalue weighted by molar-refractivity contribution is 5.88. The lowest BCUT2D eigenvalue weighted by Gasteiger charge is -2.32. The van der Waals surface area contributed by atoms with Gasteiger partial charge in [0.25, 0.3) is 0 Å². The second-order valence-corrected chi connectivity index (χ2v) is 5.93. The molecule has 1 aromatic carbocycles. The SMILES string of the molecule is COCCC(=O)N1CCC(Nc2ncnc3ccc(F)cc23)CC1. The molecule has 6 nitrogen and oxygen atoms in total. The first kappa shape index (κ1) is 16.6. The van der Waals surface area contributed by atoms with Crippen LogP contribution in [0.3, 0.4) is 0 Å². The zero-order valence-electron chi connectivity index (χ0n) is 13.7. The van der Waals surface area contributed by atoms with Gasteiger partial charge in [-0.3, -0.25) is 4.79 Å². The smallest absolute Gasteiger partial charge is 0.224 e. The van der Waals surface area contributed by atoms with Crippen molar-refractivity contribution in [2.75, 3.05) is 32.1 Å². The highest BCUT2D eigenvalue weighted by Gasteiger charge is 2.23. The number of anilines is 1. The van der Waals surface area contributed by atoms with Crippen molar-refractivity contribution in [3.63, 3.8) is 0 Å². The second-order valence-electron chi connectivity index (χ2n) is 5.93. The monoisotopic (exact) mass is 332 g/mol. The molecule has 2 aromatic rings. The van der Waals surface area contributed by atoms with Crippen LogP contribution in [0.5, 0.6) is 0 Å². The van der Waals surface area contributed by atoms with Crippen LogP contribution in [0.2, 0.25) is 0 Å². The van der Waals surface area contributed by atoms with Crippen LogP contribution in [0.25, 0.3) is 10.9 Å². The quantitative estimate of drug-likeness (QED) is 0.909. The average molecular weight is 332 g/mol. The van der Waals surface area contributed by atoms with Crippen LogP contribution in [0.15, 0.2) is 24.5 Å². The molecule has 1 N–H and O–H groups in total. The maximum absolute atomic E-state index is 13.5. The number of carbonyl (C=O) groups is 1. The lowest BCUT2D eigenvalue weighted by Crippen LogP contribution is -2.42. The van der Waals surface area contributed by atoms with Crippen molar-refractivity contribution >= 4 is 22.6 Å². The number of methoxy groups -OCH3 is 1. The molecule has 0 spiro atoms. The van der Waals surface area contributed by atoms with E-state index in [1.54, 1.807) is 13.2 Å². The molecule has 7 heteroatoms. The molecular formula is C17H21FN4O2. The van der Waals surface area contributed by atoms with Crippen molar-refractivity contribution in [2.24, 2.45) is 0 Å². The molecule has 0 atom stereocenters. The van der Waals surface area contributed by atoms with Crippen LogP contribution >= 0.6 is 0 Å². The van der Waals surface area contributed by atoms with Crippen molar-refractivity contribution in [1.29, 1.82) is 0 Å². The number of ether oxygens (including phenoxy) is 1. The van der Waals surface area contributed by atoms with Crippen LogP contribution in [0, 0.1) is 5.82 Å². The van der Waals surface area contributed by atoms with E-state index in [2.05, 4.69) is 15.3 Å². The summed E-state index contributed by atoms with van der Waals surface area (Å²) < 4.78 is 18.4. The van der Waals surface area contributed by atoms with Gasteiger partial charge in [-0.2, -0.15) is 0 Å². The summed E-state index contributed by atoms with van der Waals surface area (Å²) in [6.07, 6.45) is 3.56. The first-order chi connectivity index (χ1) is 11.7. The Bertz CT molecular complexity index is 717. The number of nitrogens with zero attached hydrogens (tertiary/aromatic N) is 3. The minimum absolute atomic E-state index is 0.129. The fourth-order valence-corrected chi connectivity index (χ4v) is 2.96. The van der Waals surface area contributed by atoms with Crippen LogP contribution in [-0.2, 0) is 9.53 Å². The van der Waals surface area contributed by atoms with Gasteiger partial charge in [-0.1, -0.05) is 0 Å². The molecule has 0 bridgehead atoms. The van der Waals surface area contributed by atoms with Gasteiger partial charge in [0.05, 0.1) is 18.5 Å². The minimum atomic E-state index is -0.307. The molecule has 2 heterocycles. The van der Waals surface area contributed by atoms with Crippen molar-refractivity contribution in [3.8, 4) is 0 Å². The molecule has 1 saturated heterocycles. The standard InChI is InChI=1S/C17H21FN4O2/c1-24-9-6-16(23)22-7-4-13(5-8-22)21-17-14-10-12(18)2-3-15(14)19-11-20-17/h2-3,10-11,13H,4-9H2,1H3,(H,19,20,21). The normalized spacial score (nSPS) is 15.7. The number of piperidine rings is 1. The van der Waals surface area contributed by atoms with Gasteiger partial charge in [-0.25, -0.2) is 14.4 Å². The third kappa shape index (κ3) is 3.79. The largest absolute Gasteiger partial charge is 0.384 e. The number of aromatic nitrogens is 2. The number of fused-ring (bicyclic) bond motifs is 1. The summed E-state index contributed by atoms with van der Waals surface area (Å²) in [6.45, 7) is 1.87. The molecule has 0 unspecified atom stereocenters. The van der Waals surface area contributed by atoms with Crippen molar-refractivity contribution < 1.29 is 13.9 Å². The minimum Gasteiger partial charge on any atom is -0.384 e. The summed E-state index contributed by atoms with van der Waals surface area (Å²) in [6, 6.07) is 4.69. The Morgan fingerprint density at radius 3 is 2.92 bits per heavy atom. The number of carbonyl (C=O) groups excluding carboxylic acids is 1. The molecule has 128 valence electrons. The molecular weight excluding hydrogens is 311 g/mol. The predicted molar refractivity (Wildman–Crippen MR) is 89.2 cm³/mol. The Labute approximate surface area is 140 Å². The second kappa shape index (κ2) is 7.53. The van der Waals surface area contributed by atoms with Crippen LogP contribution in [-0.4, -0.2) is 53.6 Å². The van der Waals surface area contributed by atoms with Gasteiger partial charge in [0.15, 0.2) is 0 Å². The number of benzene rings is 1. The number of hydrogen-bond acceptors (Lipinski definition) is 5. The van der Waals surface area contributed by atoms with Gasteiger partial charge in [0, 0.05) is 31.6 Å². The zero-order valence-corrected chi connectivity index (χ0v) is 13.7. The van der Waals surface area contributed by atoms with Gasteiger partial charge in [0.2, 0.25) is 5.91 Å². The first-order valence-electron chi connectivity index (χ1n) is 8.11. The molecule has 24 heavy (non-hydrogen) atoms. The van der Waals surface area contributed by atoms with Crippen LogP contribution in [0.1, 0.15) is 19.3 Å². The Hall–Kier alpha value is -2.28. The Balaban J connectivity index is 1.62. The number of likely N-dealkylation sites (tertiary alicyclic amines) is 1. The lowest BCUT2D eigenvalue weighted by molar-refractivity contribution is -0.133. The summed E-state index contributed by atoms with van der Waals surface area (Å²) >= 11 is 0. The van der Waals surface area contributed by atoms with E-state index in [4.69, 9.17) is 4.74 Å². The predicted octanol–water partition coefficient (Wildman–Crippen LogP) is 2.21. The molecule has 1 fully saturated rings. The van der Waals surface area contributed by atoms with E-state index >= 15 is 0 Å². The van der Waals surface area contributed by atoms with E-state index in [0.29, 0.717) is 42.8 Å². The number of rotatable bonds is 5. The number of nitrogens with one attached hydrogen (secondary N) is 1. The van der Waals surface area contributed by atoms with Crippen LogP contribution < -0.4 is 5.32 Å². The maximum Gasteiger partial charge on any atom is 0.224 e. The number of hydrogen-bond donors (Lipinski definition) is 1. The zero-order chi connectivity index (χ0) is 16.9. The molecule has 1 aliphatic rings. The third-order valence-corrected chi connectivity index (χ3v) is 4.31.